The normalized spacial score (nSPS) is 23.4. The number of rotatable bonds is 8. The standard InChI is InChI=1S/C38H47N3O6/c1-24-10-8-11-29(31-12-9-13-33(39-31)41-21-28-19-38(28,35(42)45-7)32(41)23-44-6)34(24)46-22-26-14-15-27-16-17-40(20-25(2)30(27)18-26)36(43)47-37(3,4)5/h8-15,18,25,28,32H,16-17,19-23H2,1-7H3/t25-,28+,32-,38-/m1/s1. The first-order valence-corrected chi connectivity index (χ1v) is 16.6. The fraction of sp³-hybridized carbons (Fsp3) is 0.500. The number of methoxy groups -OCH3 is 2. The number of piperidine rings is 1. The third kappa shape index (κ3) is 6.42. The molecule has 1 saturated carbocycles. The molecule has 1 aliphatic carbocycles. The molecule has 6 rings (SSSR count). The van der Waals surface area contributed by atoms with Crippen molar-refractivity contribution in [3.63, 3.8) is 0 Å². The van der Waals surface area contributed by atoms with Crippen LogP contribution in [0.5, 0.6) is 5.75 Å². The molecule has 9 heteroatoms. The van der Waals surface area contributed by atoms with Gasteiger partial charge in [-0.25, -0.2) is 9.78 Å². The zero-order chi connectivity index (χ0) is 33.5. The summed E-state index contributed by atoms with van der Waals surface area (Å²) in [6.07, 6.45) is 1.35. The van der Waals surface area contributed by atoms with Crippen LogP contribution in [0, 0.1) is 18.3 Å². The lowest BCUT2D eigenvalue weighted by molar-refractivity contribution is -0.148. The van der Waals surface area contributed by atoms with E-state index in [2.05, 4.69) is 43.0 Å². The second-order valence-corrected chi connectivity index (χ2v) is 14.3. The van der Waals surface area contributed by atoms with Gasteiger partial charge in [0, 0.05) is 32.3 Å². The van der Waals surface area contributed by atoms with Crippen LogP contribution in [0.1, 0.15) is 62.3 Å². The van der Waals surface area contributed by atoms with Gasteiger partial charge in [-0.2, -0.15) is 0 Å². The summed E-state index contributed by atoms with van der Waals surface area (Å²) in [5, 5.41) is 0. The molecule has 0 unspecified atom stereocenters. The highest BCUT2D eigenvalue weighted by atomic mass is 16.6. The SMILES string of the molecule is COC[C@H]1N(c2cccc(-c3cccc(C)c3OCc3ccc4c(c3)[C@H](C)CN(C(=O)OC(C)(C)C)CC4)n2)C[C@@H]2C[C@@]21C(=O)OC. The first kappa shape index (κ1) is 32.8. The molecule has 250 valence electrons. The number of aryl methyl sites for hydroxylation is 1. The van der Waals surface area contributed by atoms with Crippen molar-refractivity contribution in [1.82, 2.24) is 9.88 Å². The molecule has 4 atom stereocenters. The maximum absolute atomic E-state index is 12.8. The highest BCUT2D eigenvalue weighted by Crippen LogP contribution is 2.62. The van der Waals surface area contributed by atoms with Crippen molar-refractivity contribution >= 4 is 17.9 Å². The molecule has 2 fully saturated rings. The van der Waals surface area contributed by atoms with Gasteiger partial charge in [-0.1, -0.05) is 43.3 Å². The van der Waals surface area contributed by atoms with Crippen LogP contribution in [0.2, 0.25) is 0 Å². The molecule has 2 aromatic carbocycles. The van der Waals surface area contributed by atoms with Crippen molar-refractivity contribution in [3.8, 4) is 17.0 Å². The number of nitrogens with zero attached hydrogens (tertiary/aromatic N) is 3. The summed E-state index contributed by atoms with van der Waals surface area (Å²) in [6.45, 7) is 12.7. The van der Waals surface area contributed by atoms with Gasteiger partial charge in [0.2, 0.25) is 0 Å². The lowest BCUT2D eigenvalue weighted by Crippen LogP contribution is -2.44. The molecule has 1 amide bonds. The molecule has 3 aromatic rings. The molecule has 0 N–H and O–H groups in total. The number of aromatic nitrogens is 1. The lowest BCUT2D eigenvalue weighted by Gasteiger charge is -2.31. The average Bonchev–Trinajstić information content (AvgIpc) is 3.72. The predicted molar refractivity (Wildman–Crippen MR) is 181 cm³/mol. The Morgan fingerprint density at radius 3 is 2.57 bits per heavy atom. The second kappa shape index (κ2) is 12.8. The molecular formula is C38H47N3O6. The number of esters is 1. The fourth-order valence-electron chi connectivity index (χ4n) is 7.48. The zero-order valence-corrected chi connectivity index (χ0v) is 28.7. The Kier molecular flexibility index (Phi) is 8.96. The van der Waals surface area contributed by atoms with Gasteiger partial charge in [-0.05, 0) is 92.8 Å². The fourth-order valence-corrected chi connectivity index (χ4v) is 7.48. The molecule has 3 aliphatic rings. The monoisotopic (exact) mass is 641 g/mol. The van der Waals surface area contributed by atoms with Crippen LogP contribution in [0.15, 0.2) is 54.6 Å². The minimum absolute atomic E-state index is 0.132. The van der Waals surface area contributed by atoms with Crippen molar-refractivity contribution in [1.29, 1.82) is 0 Å². The summed E-state index contributed by atoms with van der Waals surface area (Å²) in [5.41, 5.74) is 5.27. The quantitative estimate of drug-likeness (QED) is 0.256. The highest BCUT2D eigenvalue weighted by molar-refractivity contribution is 5.84. The Hall–Kier alpha value is -4.11. The van der Waals surface area contributed by atoms with Gasteiger partial charge in [0.1, 0.15) is 23.8 Å². The van der Waals surface area contributed by atoms with Gasteiger partial charge < -0.3 is 28.7 Å². The van der Waals surface area contributed by atoms with Crippen molar-refractivity contribution in [3.05, 3.63) is 76.9 Å². The first-order chi connectivity index (χ1) is 22.4. The molecule has 2 aliphatic heterocycles. The average molecular weight is 642 g/mol. The van der Waals surface area contributed by atoms with Crippen LogP contribution in [-0.2, 0) is 32.0 Å². The summed E-state index contributed by atoms with van der Waals surface area (Å²) >= 11 is 0. The summed E-state index contributed by atoms with van der Waals surface area (Å²) < 4.78 is 23.0. The number of carbonyl (C=O) groups is 2. The number of hydrogen-bond donors (Lipinski definition) is 0. The number of fused-ring (bicyclic) bond motifs is 2. The number of pyridine rings is 1. The number of benzene rings is 2. The minimum Gasteiger partial charge on any atom is -0.488 e. The number of ether oxygens (including phenoxy) is 4. The summed E-state index contributed by atoms with van der Waals surface area (Å²) in [7, 11) is 3.13. The number of para-hydroxylation sites is 1. The largest absolute Gasteiger partial charge is 0.488 e. The molecule has 1 saturated heterocycles. The first-order valence-electron chi connectivity index (χ1n) is 16.6. The Bertz CT molecular complexity index is 1650. The van der Waals surface area contributed by atoms with E-state index in [1.54, 1.807) is 7.11 Å². The van der Waals surface area contributed by atoms with Gasteiger partial charge in [-0.15, -0.1) is 0 Å². The molecule has 0 bridgehead atoms. The zero-order valence-electron chi connectivity index (χ0n) is 28.7. The third-order valence-electron chi connectivity index (χ3n) is 9.87. The van der Waals surface area contributed by atoms with Crippen molar-refractivity contribution < 1.29 is 28.5 Å². The molecule has 9 nitrogen and oxygen atoms in total. The Labute approximate surface area is 278 Å². The van der Waals surface area contributed by atoms with Gasteiger partial charge >= 0.3 is 12.1 Å². The minimum atomic E-state index is -0.528. The number of carbonyl (C=O) groups excluding carboxylic acids is 2. The number of anilines is 1. The van der Waals surface area contributed by atoms with Crippen molar-refractivity contribution in [2.45, 2.75) is 71.6 Å². The van der Waals surface area contributed by atoms with Crippen molar-refractivity contribution in [2.24, 2.45) is 11.3 Å². The molecule has 0 radical (unpaired) electrons. The van der Waals surface area contributed by atoms with Crippen molar-refractivity contribution in [2.75, 3.05) is 45.4 Å². The van der Waals surface area contributed by atoms with Crippen LogP contribution in [-0.4, -0.2) is 74.1 Å². The Morgan fingerprint density at radius 1 is 1.04 bits per heavy atom. The van der Waals surface area contributed by atoms with E-state index < -0.39 is 11.0 Å². The summed E-state index contributed by atoms with van der Waals surface area (Å²) in [5.74, 6) is 1.85. The molecular weight excluding hydrogens is 594 g/mol. The van der Waals surface area contributed by atoms with Crippen LogP contribution in [0.4, 0.5) is 10.6 Å². The van der Waals surface area contributed by atoms with E-state index in [1.165, 1.54) is 18.2 Å². The van der Waals surface area contributed by atoms with E-state index in [0.717, 1.165) is 53.3 Å². The van der Waals surface area contributed by atoms with Gasteiger partial charge in [0.15, 0.2) is 0 Å². The maximum Gasteiger partial charge on any atom is 0.410 e. The van der Waals surface area contributed by atoms with E-state index in [0.29, 0.717) is 26.3 Å². The highest BCUT2D eigenvalue weighted by Gasteiger charge is 2.71. The van der Waals surface area contributed by atoms with Crippen LogP contribution >= 0.6 is 0 Å². The summed E-state index contributed by atoms with van der Waals surface area (Å²) in [4.78, 5) is 34.8. The third-order valence-corrected chi connectivity index (χ3v) is 9.87. The van der Waals surface area contributed by atoms with E-state index in [1.807, 2.05) is 56.0 Å². The second-order valence-electron chi connectivity index (χ2n) is 14.3. The lowest BCUT2D eigenvalue weighted by atomic mass is 9.93. The molecule has 0 spiro atoms. The smallest absolute Gasteiger partial charge is 0.410 e. The van der Waals surface area contributed by atoms with Gasteiger partial charge in [-0.3, -0.25) is 4.79 Å². The molecule has 47 heavy (non-hydrogen) atoms. The predicted octanol–water partition coefficient (Wildman–Crippen LogP) is 6.55. The van der Waals surface area contributed by atoms with E-state index in [-0.39, 0.29) is 29.9 Å². The molecule has 1 aromatic heterocycles. The topological polar surface area (TPSA) is 90.4 Å². The van der Waals surface area contributed by atoms with Crippen LogP contribution < -0.4 is 9.64 Å². The molecule has 3 heterocycles. The van der Waals surface area contributed by atoms with E-state index >= 15 is 0 Å². The van der Waals surface area contributed by atoms with Gasteiger partial charge in [0.25, 0.3) is 0 Å². The van der Waals surface area contributed by atoms with E-state index in [9.17, 15) is 9.59 Å². The number of amides is 1. The Balaban J connectivity index is 1.20. The summed E-state index contributed by atoms with van der Waals surface area (Å²) in [6, 6.07) is 18.5. The van der Waals surface area contributed by atoms with Gasteiger partial charge in [0.05, 0.1) is 30.9 Å². The van der Waals surface area contributed by atoms with Crippen LogP contribution in [0.25, 0.3) is 11.3 Å². The maximum atomic E-state index is 12.8. The Morgan fingerprint density at radius 2 is 1.83 bits per heavy atom. The van der Waals surface area contributed by atoms with E-state index in [4.69, 9.17) is 23.9 Å². The van der Waals surface area contributed by atoms with Crippen LogP contribution in [0.3, 0.4) is 0 Å². The number of hydrogen-bond acceptors (Lipinski definition) is 8.